The summed E-state index contributed by atoms with van der Waals surface area (Å²) >= 11 is 0. The number of rotatable bonds is 13. The molecule has 0 aliphatic rings. The fraction of sp³-hybridized carbons (Fsp3) is 0.310. The van der Waals surface area contributed by atoms with Gasteiger partial charge in [0.05, 0.1) is 12.7 Å². The molecule has 0 saturated carbocycles. The summed E-state index contributed by atoms with van der Waals surface area (Å²) in [5, 5.41) is 0. The Labute approximate surface area is 227 Å². The first-order valence-electron chi connectivity index (χ1n) is 12.6. The highest BCUT2D eigenvalue weighted by Crippen LogP contribution is 2.33. The summed E-state index contributed by atoms with van der Waals surface area (Å²) < 4.78 is 24.9. The number of imidazole rings is 2. The van der Waals surface area contributed by atoms with Crippen LogP contribution in [0.4, 0.5) is 4.79 Å². The number of carbonyl (C=O) groups excluding carboxylic acids is 2. The number of nitrogens with zero attached hydrogens (tertiary/aromatic N) is 4. The van der Waals surface area contributed by atoms with Crippen molar-refractivity contribution in [3.05, 3.63) is 97.1 Å². The third-order valence-corrected chi connectivity index (χ3v) is 6.19. The summed E-state index contributed by atoms with van der Waals surface area (Å²) in [6, 6.07) is 15.8. The van der Waals surface area contributed by atoms with E-state index in [1.54, 1.807) is 18.7 Å². The number of aromatic nitrogens is 4. The molecule has 10 heteroatoms. The molecule has 204 valence electrons. The molecule has 0 amide bonds. The number of esters is 1. The van der Waals surface area contributed by atoms with Crippen molar-refractivity contribution >= 4 is 12.1 Å². The van der Waals surface area contributed by atoms with Crippen LogP contribution in [0.15, 0.2) is 86.0 Å². The van der Waals surface area contributed by atoms with E-state index in [0.29, 0.717) is 18.0 Å². The fourth-order valence-electron chi connectivity index (χ4n) is 3.86. The second-order valence-corrected chi connectivity index (χ2v) is 9.23. The van der Waals surface area contributed by atoms with Crippen molar-refractivity contribution < 1.29 is 28.5 Å². The molecular weight excluding hydrogens is 500 g/mol. The van der Waals surface area contributed by atoms with E-state index in [-0.39, 0.29) is 44.2 Å². The molecule has 2 aromatic heterocycles. The van der Waals surface area contributed by atoms with Gasteiger partial charge in [-0.3, -0.25) is 4.79 Å². The van der Waals surface area contributed by atoms with E-state index in [0.717, 1.165) is 11.1 Å². The van der Waals surface area contributed by atoms with Gasteiger partial charge in [0.2, 0.25) is 0 Å². The van der Waals surface area contributed by atoms with Gasteiger partial charge in [0, 0.05) is 36.7 Å². The van der Waals surface area contributed by atoms with E-state index < -0.39 is 6.09 Å². The predicted octanol–water partition coefficient (Wildman–Crippen LogP) is 4.48. The van der Waals surface area contributed by atoms with Crippen LogP contribution in [-0.4, -0.2) is 57.6 Å². The lowest BCUT2D eigenvalue weighted by atomic mass is 9.78. The van der Waals surface area contributed by atoms with Gasteiger partial charge in [0.15, 0.2) is 0 Å². The zero-order valence-corrected chi connectivity index (χ0v) is 22.1. The Hall–Kier alpha value is -4.60. The van der Waals surface area contributed by atoms with Crippen molar-refractivity contribution in [3.8, 4) is 11.5 Å². The molecular formula is C29H32N4O6. The fourth-order valence-corrected chi connectivity index (χ4v) is 3.86. The summed E-state index contributed by atoms with van der Waals surface area (Å²) in [5.74, 6) is 1.13. The Bertz CT molecular complexity index is 1300. The zero-order valence-electron chi connectivity index (χ0n) is 22.1. The average Bonchev–Trinajstić information content (AvgIpc) is 3.68. The molecule has 0 atom stereocenters. The first kappa shape index (κ1) is 27.4. The SMILES string of the molecule is CC(C)(c1ccc(OCCOC(=O)CCn2ccnc2)cc1)c1ccc(OCCOC(=O)n2ccnc2)cc1. The minimum Gasteiger partial charge on any atom is -0.490 e. The molecule has 0 N–H and O–H groups in total. The standard InChI is InChI=1S/C29H32N4O6/c1-29(2,24-5-9-26(10-6-24)37-18-20-39-28(35)33-16-13-31-22-33)23-3-7-25(8-4-23)36-17-19-38-27(34)11-14-32-15-12-30-21-32/h3-10,12-13,15-16,21-22H,11,14,17-20H2,1-2H3. The highest BCUT2D eigenvalue weighted by molar-refractivity contribution is 5.70. The van der Waals surface area contributed by atoms with E-state index in [4.69, 9.17) is 18.9 Å². The normalized spacial score (nSPS) is 11.1. The number of aryl methyl sites for hydroxylation is 1. The Balaban J connectivity index is 1.18. The van der Waals surface area contributed by atoms with Crippen LogP contribution >= 0.6 is 0 Å². The smallest absolute Gasteiger partial charge is 0.419 e. The van der Waals surface area contributed by atoms with E-state index in [2.05, 4.69) is 23.8 Å². The van der Waals surface area contributed by atoms with E-state index in [1.807, 2.05) is 53.1 Å². The average molecular weight is 533 g/mol. The molecule has 4 aromatic rings. The van der Waals surface area contributed by atoms with Gasteiger partial charge in [0.1, 0.15) is 44.3 Å². The number of ether oxygens (including phenoxy) is 4. The van der Waals surface area contributed by atoms with Gasteiger partial charge in [-0.05, 0) is 35.4 Å². The van der Waals surface area contributed by atoms with Gasteiger partial charge in [-0.25, -0.2) is 19.3 Å². The summed E-state index contributed by atoms with van der Waals surface area (Å²) in [6.07, 6.45) is 9.36. The molecule has 2 heterocycles. The summed E-state index contributed by atoms with van der Waals surface area (Å²) in [4.78, 5) is 31.4. The first-order valence-corrected chi connectivity index (χ1v) is 12.6. The van der Waals surface area contributed by atoms with E-state index >= 15 is 0 Å². The van der Waals surface area contributed by atoms with Crippen LogP contribution in [0.1, 0.15) is 31.4 Å². The van der Waals surface area contributed by atoms with Crippen molar-refractivity contribution in [1.29, 1.82) is 0 Å². The lowest BCUT2D eigenvalue weighted by molar-refractivity contribution is -0.144. The van der Waals surface area contributed by atoms with Gasteiger partial charge < -0.3 is 23.5 Å². The third-order valence-electron chi connectivity index (χ3n) is 6.19. The molecule has 39 heavy (non-hydrogen) atoms. The Morgan fingerprint density at radius 3 is 1.85 bits per heavy atom. The highest BCUT2D eigenvalue weighted by atomic mass is 16.6. The Morgan fingerprint density at radius 2 is 1.31 bits per heavy atom. The predicted molar refractivity (Wildman–Crippen MR) is 143 cm³/mol. The highest BCUT2D eigenvalue weighted by Gasteiger charge is 2.23. The lowest BCUT2D eigenvalue weighted by Crippen LogP contribution is -2.19. The minimum absolute atomic E-state index is 0.132. The molecule has 0 bridgehead atoms. The van der Waals surface area contributed by atoms with Crippen molar-refractivity contribution in [2.45, 2.75) is 32.2 Å². The van der Waals surface area contributed by atoms with Crippen molar-refractivity contribution in [1.82, 2.24) is 19.1 Å². The lowest BCUT2D eigenvalue weighted by Gasteiger charge is -2.26. The van der Waals surface area contributed by atoms with E-state index in [1.165, 1.54) is 23.3 Å². The van der Waals surface area contributed by atoms with Crippen LogP contribution in [0.5, 0.6) is 11.5 Å². The maximum Gasteiger partial charge on any atom is 0.419 e. The molecule has 0 aliphatic carbocycles. The Morgan fingerprint density at radius 1 is 0.744 bits per heavy atom. The molecule has 0 saturated heterocycles. The quantitative estimate of drug-likeness (QED) is 0.183. The number of carbonyl (C=O) groups is 2. The van der Waals surface area contributed by atoms with Gasteiger partial charge in [0.25, 0.3) is 0 Å². The molecule has 0 spiro atoms. The monoisotopic (exact) mass is 532 g/mol. The van der Waals surface area contributed by atoms with Crippen LogP contribution in [-0.2, 0) is 26.2 Å². The third kappa shape index (κ3) is 7.94. The van der Waals surface area contributed by atoms with Crippen LogP contribution in [0, 0.1) is 0 Å². The molecule has 4 rings (SSSR count). The first-order chi connectivity index (χ1) is 18.9. The van der Waals surface area contributed by atoms with Gasteiger partial charge in [-0.2, -0.15) is 0 Å². The number of hydrogen-bond donors (Lipinski definition) is 0. The van der Waals surface area contributed by atoms with Crippen LogP contribution in [0.25, 0.3) is 0 Å². The van der Waals surface area contributed by atoms with Crippen molar-refractivity contribution in [3.63, 3.8) is 0 Å². The second kappa shape index (κ2) is 13.3. The maximum absolute atomic E-state index is 11.9. The molecule has 2 aromatic carbocycles. The summed E-state index contributed by atoms with van der Waals surface area (Å²) in [6.45, 7) is 5.69. The maximum atomic E-state index is 11.9. The van der Waals surface area contributed by atoms with E-state index in [9.17, 15) is 9.59 Å². The molecule has 10 nitrogen and oxygen atoms in total. The van der Waals surface area contributed by atoms with Crippen LogP contribution in [0.2, 0.25) is 0 Å². The Kier molecular flexibility index (Phi) is 9.34. The number of hydrogen-bond acceptors (Lipinski definition) is 8. The summed E-state index contributed by atoms with van der Waals surface area (Å²) in [7, 11) is 0. The molecule has 0 fully saturated rings. The van der Waals surface area contributed by atoms with Gasteiger partial charge in [-0.15, -0.1) is 0 Å². The zero-order chi connectivity index (χ0) is 27.5. The van der Waals surface area contributed by atoms with Crippen LogP contribution < -0.4 is 9.47 Å². The van der Waals surface area contributed by atoms with Gasteiger partial charge in [-0.1, -0.05) is 38.1 Å². The molecule has 0 unspecified atom stereocenters. The molecule has 0 radical (unpaired) electrons. The van der Waals surface area contributed by atoms with Crippen molar-refractivity contribution in [2.75, 3.05) is 26.4 Å². The molecule has 0 aliphatic heterocycles. The minimum atomic E-state index is -0.495. The van der Waals surface area contributed by atoms with Gasteiger partial charge >= 0.3 is 12.1 Å². The number of benzene rings is 2. The topological polar surface area (TPSA) is 107 Å². The summed E-state index contributed by atoms with van der Waals surface area (Å²) in [5.41, 5.74) is 2.00. The van der Waals surface area contributed by atoms with Crippen molar-refractivity contribution in [2.24, 2.45) is 0 Å². The largest absolute Gasteiger partial charge is 0.490 e. The second-order valence-electron chi connectivity index (χ2n) is 9.23. The van der Waals surface area contributed by atoms with Crippen LogP contribution in [0.3, 0.4) is 0 Å².